The molecule has 2 aliphatic heterocycles. The molecule has 0 N–H and O–H groups in total. The lowest BCUT2D eigenvalue weighted by Gasteiger charge is -2.26. The zero-order valence-electron chi connectivity index (χ0n) is 16.1. The van der Waals surface area contributed by atoms with Crippen molar-refractivity contribution < 1.29 is 13.9 Å². The van der Waals surface area contributed by atoms with Gasteiger partial charge in [0.1, 0.15) is 12.1 Å². The molecule has 2 aromatic carbocycles. The molecule has 0 aliphatic carbocycles. The topological polar surface area (TPSA) is 69.5 Å². The third-order valence-electron chi connectivity index (χ3n) is 5.25. The van der Waals surface area contributed by atoms with Crippen LogP contribution in [0.4, 0.5) is 10.3 Å². The van der Waals surface area contributed by atoms with Crippen molar-refractivity contribution in [1.29, 1.82) is 0 Å². The maximum atomic E-state index is 13.1. The summed E-state index contributed by atoms with van der Waals surface area (Å²) in [5, 5.41) is 0. The molecule has 5 rings (SSSR count). The van der Waals surface area contributed by atoms with Crippen LogP contribution in [-0.2, 0) is 6.54 Å². The molecule has 7 nitrogen and oxygen atoms in total. The average Bonchev–Trinajstić information content (AvgIpc) is 3.24. The van der Waals surface area contributed by atoms with Gasteiger partial charge in [-0.2, -0.15) is 4.98 Å². The third kappa shape index (κ3) is 3.63. The van der Waals surface area contributed by atoms with Crippen molar-refractivity contribution in [2.45, 2.75) is 13.0 Å². The van der Waals surface area contributed by atoms with Gasteiger partial charge in [0.2, 0.25) is 12.7 Å². The summed E-state index contributed by atoms with van der Waals surface area (Å²) >= 11 is 0. The van der Waals surface area contributed by atoms with E-state index in [0.717, 1.165) is 23.1 Å². The van der Waals surface area contributed by atoms with Gasteiger partial charge in [-0.25, -0.2) is 14.2 Å². The molecule has 0 atom stereocenters. The molecule has 0 fully saturated rings. The van der Waals surface area contributed by atoms with Crippen LogP contribution in [0.25, 0.3) is 5.57 Å². The Hall–Kier alpha value is -3.68. The fourth-order valence-electron chi connectivity index (χ4n) is 3.62. The van der Waals surface area contributed by atoms with E-state index in [1.165, 1.54) is 23.0 Å². The van der Waals surface area contributed by atoms with Gasteiger partial charge in [-0.3, -0.25) is 4.57 Å². The molecule has 0 bridgehead atoms. The second kappa shape index (κ2) is 7.62. The summed E-state index contributed by atoms with van der Waals surface area (Å²) in [6.45, 7) is 1.85. The number of anilines is 1. The first-order chi connectivity index (χ1) is 14.7. The second-order valence-electron chi connectivity index (χ2n) is 7.19. The first-order valence-electron chi connectivity index (χ1n) is 9.68. The van der Waals surface area contributed by atoms with Crippen LogP contribution in [-0.4, -0.2) is 34.4 Å². The summed E-state index contributed by atoms with van der Waals surface area (Å²) in [6.07, 6.45) is 4.36. The molecule has 1 aromatic heterocycles. The molecule has 3 aromatic rings. The average molecular weight is 406 g/mol. The summed E-state index contributed by atoms with van der Waals surface area (Å²) in [5.74, 6) is 1.55. The van der Waals surface area contributed by atoms with E-state index in [4.69, 9.17) is 9.47 Å². The number of ether oxygens (including phenoxy) is 2. The summed E-state index contributed by atoms with van der Waals surface area (Å²) in [4.78, 5) is 23.0. The number of hydrogen-bond donors (Lipinski definition) is 0. The predicted molar refractivity (Wildman–Crippen MR) is 109 cm³/mol. The van der Waals surface area contributed by atoms with E-state index in [0.29, 0.717) is 37.1 Å². The van der Waals surface area contributed by atoms with Crippen molar-refractivity contribution in [3.05, 3.63) is 82.3 Å². The summed E-state index contributed by atoms with van der Waals surface area (Å²) in [6, 6.07) is 12.1. The minimum Gasteiger partial charge on any atom is -0.454 e. The van der Waals surface area contributed by atoms with Crippen molar-refractivity contribution in [2.75, 3.05) is 24.8 Å². The van der Waals surface area contributed by atoms with Crippen LogP contribution < -0.4 is 20.1 Å². The molecule has 3 heterocycles. The minimum absolute atomic E-state index is 0.212. The van der Waals surface area contributed by atoms with Gasteiger partial charge >= 0.3 is 5.69 Å². The standard InChI is InChI=1S/C22H19FN4O3/c23-18-4-2-16(3-5-18)17-7-9-26(10-8-17)21-24-13-27(22(28)25-21)12-15-1-6-19-20(11-15)30-14-29-19/h1-7,11,13H,8-10,12,14H2. The predicted octanol–water partition coefficient (Wildman–Crippen LogP) is 2.85. The fraction of sp³-hybridized carbons (Fsp3) is 0.227. The third-order valence-corrected chi connectivity index (χ3v) is 5.25. The lowest BCUT2D eigenvalue weighted by molar-refractivity contribution is 0.174. The van der Waals surface area contributed by atoms with Gasteiger partial charge < -0.3 is 14.4 Å². The minimum atomic E-state index is -0.356. The fourth-order valence-corrected chi connectivity index (χ4v) is 3.62. The molecule has 8 heteroatoms. The van der Waals surface area contributed by atoms with E-state index >= 15 is 0 Å². The van der Waals surface area contributed by atoms with Crippen LogP contribution >= 0.6 is 0 Å². The Morgan fingerprint density at radius 1 is 1.07 bits per heavy atom. The molecular weight excluding hydrogens is 387 g/mol. The Labute approximate surface area is 172 Å². The molecule has 0 amide bonds. The Bertz CT molecular complexity index is 1170. The molecular formula is C22H19FN4O3. The van der Waals surface area contributed by atoms with E-state index < -0.39 is 0 Å². The van der Waals surface area contributed by atoms with Crippen LogP contribution in [0.2, 0.25) is 0 Å². The first kappa shape index (κ1) is 18.4. The molecule has 0 spiro atoms. The zero-order valence-corrected chi connectivity index (χ0v) is 16.1. The first-order valence-corrected chi connectivity index (χ1v) is 9.68. The van der Waals surface area contributed by atoms with E-state index in [1.54, 1.807) is 12.1 Å². The number of aromatic nitrogens is 3. The molecule has 0 radical (unpaired) electrons. The summed E-state index contributed by atoms with van der Waals surface area (Å²) in [7, 11) is 0. The van der Waals surface area contributed by atoms with Crippen LogP contribution in [0.15, 0.2) is 59.7 Å². The Morgan fingerprint density at radius 3 is 2.67 bits per heavy atom. The second-order valence-corrected chi connectivity index (χ2v) is 7.19. The van der Waals surface area contributed by atoms with Gasteiger partial charge in [-0.05, 0) is 47.4 Å². The normalized spacial score (nSPS) is 15.2. The highest BCUT2D eigenvalue weighted by molar-refractivity contribution is 5.68. The molecule has 30 heavy (non-hydrogen) atoms. The van der Waals surface area contributed by atoms with Crippen LogP contribution in [0, 0.1) is 5.82 Å². The quantitative estimate of drug-likeness (QED) is 0.664. The Kier molecular flexibility index (Phi) is 4.66. The number of nitrogens with zero attached hydrogens (tertiary/aromatic N) is 4. The molecule has 2 aliphatic rings. The highest BCUT2D eigenvalue weighted by atomic mass is 19.1. The van der Waals surface area contributed by atoms with E-state index in [1.807, 2.05) is 23.1 Å². The summed E-state index contributed by atoms with van der Waals surface area (Å²) in [5.41, 5.74) is 2.71. The highest BCUT2D eigenvalue weighted by Gasteiger charge is 2.17. The van der Waals surface area contributed by atoms with Gasteiger partial charge in [0.15, 0.2) is 11.5 Å². The monoisotopic (exact) mass is 406 g/mol. The Morgan fingerprint density at radius 2 is 1.90 bits per heavy atom. The zero-order chi connectivity index (χ0) is 20.5. The van der Waals surface area contributed by atoms with Crippen LogP contribution in [0.1, 0.15) is 17.5 Å². The smallest absolute Gasteiger partial charge is 0.352 e. The van der Waals surface area contributed by atoms with Gasteiger partial charge in [0.25, 0.3) is 0 Å². The number of hydrogen-bond acceptors (Lipinski definition) is 6. The number of benzene rings is 2. The number of rotatable bonds is 4. The van der Waals surface area contributed by atoms with Crippen molar-refractivity contribution >= 4 is 11.5 Å². The van der Waals surface area contributed by atoms with E-state index in [2.05, 4.69) is 16.0 Å². The SMILES string of the molecule is O=c1nc(N2CC=C(c3ccc(F)cc3)CC2)ncn1Cc1ccc2c(c1)OCO2. The molecule has 0 saturated heterocycles. The van der Waals surface area contributed by atoms with Crippen molar-refractivity contribution in [1.82, 2.24) is 14.5 Å². The van der Waals surface area contributed by atoms with Gasteiger partial charge in [-0.1, -0.05) is 24.3 Å². The molecule has 0 unspecified atom stereocenters. The van der Waals surface area contributed by atoms with Gasteiger partial charge in [0.05, 0.1) is 6.54 Å². The molecule has 152 valence electrons. The summed E-state index contributed by atoms with van der Waals surface area (Å²) < 4.78 is 25.3. The van der Waals surface area contributed by atoms with Crippen LogP contribution in [0.5, 0.6) is 11.5 Å². The largest absolute Gasteiger partial charge is 0.454 e. The Balaban J connectivity index is 1.29. The maximum Gasteiger partial charge on any atom is 0.352 e. The van der Waals surface area contributed by atoms with Gasteiger partial charge in [0, 0.05) is 13.1 Å². The maximum absolute atomic E-state index is 13.1. The number of halogens is 1. The van der Waals surface area contributed by atoms with Crippen molar-refractivity contribution in [2.24, 2.45) is 0 Å². The lowest BCUT2D eigenvalue weighted by Crippen LogP contribution is -2.34. The van der Waals surface area contributed by atoms with Crippen molar-refractivity contribution in [3.63, 3.8) is 0 Å². The van der Waals surface area contributed by atoms with Crippen molar-refractivity contribution in [3.8, 4) is 11.5 Å². The lowest BCUT2D eigenvalue weighted by atomic mass is 10.00. The van der Waals surface area contributed by atoms with Crippen LogP contribution in [0.3, 0.4) is 0 Å². The highest BCUT2D eigenvalue weighted by Crippen LogP contribution is 2.32. The van der Waals surface area contributed by atoms with Gasteiger partial charge in [-0.15, -0.1) is 0 Å². The van der Waals surface area contributed by atoms with E-state index in [9.17, 15) is 9.18 Å². The van der Waals surface area contributed by atoms with E-state index in [-0.39, 0.29) is 18.3 Å². The number of fused-ring (bicyclic) bond motifs is 1. The molecule has 0 saturated carbocycles.